The van der Waals surface area contributed by atoms with Crippen LogP contribution in [0.1, 0.15) is 51.3 Å². The molecule has 2 aliphatic heterocycles. The zero-order valence-electron chi connectivity index (χ0n) is 30.5. The molecule has 2 N–H and O–H groups in total. The van der Waals surface area contributed by atoms with Crippen LogP contribution in [0.5, 0.6) is 0 Å². The van der Waals surface area contributed by atoms with E-state index >= 15 is 0 Å². The van der Waals surface area contributed by atoms with Crippen molar-refractivity contribution >= 4 is 45.3 Å². The minimum atomic E-state index is -0.456. The van der Waals surface area contributed by atoms with Gasteiger partial charge in [-0.25, -0.2) is 20.0 Å². The van der Waals surface area contributed by atoms with E-state index in [9.17, 15) is 5.26 Å². The highest BCUT2D eigenvalue weighted by molar-refractivity contribution is 6.18. The van der Waals surface area contributed by atoms with Crippen LogP contribution < -0.4 is 10.6 Å². The van der Waals surface area contributed by atoms with Gasteiger partial charge in [0.05, 0.1) is 5.56 Å². The van der Waals surface area contributed by atoms with Crippen LogP contribution in [0.4, 0.5) is 0 Å². The third kappa shape index (κ3) is 6.43. The van der Waals surface area contributed by atoms with Crippen molar-refractivity contribution in [1.82, 2.24) is 10.6 Å². The smallest absolute Gasteiger partial charge is 0.160 e. The summed E-state index contributed by atoms with van der Waals surface area (Å²) in [5, 5.41) is 20.4. The Bertz CT molecular complexity index is 2960. The van der Waals surface area contributed by atoms with Gasteiger partial charge in [0.1, 0.15) is 41.2 Å². The fourth-order valence-corrected chi connectivity index (χ4v) is 7.42. The van der Waals surface area contributed by atoms with Crippen molar-refractivity contribution in [2.75, 3.05) is 0 Å². The Labute approximate surface area is 328 Å². The highest BCUT2D eigenvalue weighted by Gasteiger charge is 2.28. The van der Waals surface area contributed by atoms with Crippen LogP contribution in [0.25, 0.3) is 33.1 Å². The largest absolute Gasteiger partial charge is 0.456 e. The number of furan rings is 1. The van der Waals surface area contributed by atoms with Crippen LogP contribution in [0.3, 0.4) is 0 Å². The fraction of sp³-hybridized carbons (Fsp3) is 0.0408. The van der Waals surface area contributed by atoms with Gasteiger partial charge in [0.2, 0.25) is 0 Å². The van der Waals surface area contributed by atoms with Gasteiger partial charge >= 0.3 is 0 Å². The zero-order chi connectivity index (χ0) is 38.1. The normalized spacial score (nSPS) is 16.4. The van der Waals surface area contributed by atoms with Gasteiger partial charge in [-0.2, -0.15) is 5.26 Å². The molecule has 0 fully saturated rings. The molecule has 1 aromatic heterocycles. The summed E-state index contributed by atoms with van der Waals surface area (Å²) in [6.07, 6.45) is -0.909. The van der Waals surface area contributed by atoms with Gasteiger partial charge in [-0.1, -0.05) is 146 Å². The van der Waals surface area contributed by atoms with E-state index in [2.05, 4.69) is 34.9 Å². The minimum absolute atomic E-state index is 0.393. The Morgan fingerprint density at radius 1 is 0.456 bits per heavy atom. The Kier molecular flexibility index (Phi) is 8.50. The molecule has 2 aliphatic rings. The second-order valence-electron chi connectivity index (χ2n) is 13.8. The molecule has 0 saturated carbocycles. The lowest BCUT2D eigenvalue weighted by Crippen LogP contribution is -2.35. The van der Waals surface area contributed by atoms with E-state index < -0.39 is 12.3 Å². The van der Waals surface area contributed by atoms with Crippen LogP contribution in [0.15, 0.2) is 200 Å². The predicted molar refractivity (Wildman–Crippen MR) is 228 cm³/mol. The highest BCUT2D eigenvalue weighted by atomic mass is 16.3. The molecule has 2 atom stereocenters. The number of fused-ring (bicyclic) bond motifs is 3. The number of nitrogens with one attached hydrogen (secondary N) is 2. The lowest BCUT2D eigenvalue weighted by atomic mass is 9.92. The number of benzene rings is 7. The van der Waals surface area contributed by atoms with Crippen LogP contribution in [-0.2, 0) is 0 Å². The van der Waals surface area contributed by atoms with Crippen LogP contribution in [0.2, 0.25) is 0 Å². The maximum Gasteiger partial charge on any atom is 0.160 e. The third-order valence-electron chi connectivity index (χ3n) is 10.3. The summed E-state index contributed by atoms with van der Waals surface area (Å²) in [5.41, 5.74) is 8.74. The van der Waals surface area contributed by atoms with Crippen molar-refractivity contribution in [3.63, 3.8) is 0 Å². The van der Waals surface area contributed by atoms with Crippen molar-refractivity contribution in [2.45, 2.75) is 12.3 Å². The molecule has 270 valence electrons. The maximum atomic E-state index is 11.2. The molecule has 3 heterocycles. The van der Waals surface area contributed by atoms with Gasteiger partial charge in [-0.05, 0) is 52.6 Å². The van der Waals surface area contributed by atoms with Gasteiger partial charge in [0.15, 0.2) is 11.7 Å². The number of hydrogen-bond acceptors (Lipinski definition) is 8. The average Bonchev–Trinajstić information content (AvgIpc) is 3.67. The second-order valence-corrected chi connectivity index (χ2v) is 13.8. The van der Waals surface area contributed by atoms with Crippen molar-refractivity contribution in [1.29, 1.82) is 5.26 Å². The number of aliphatic imine (C=N–C) groups is 4. The van der Waals surface area contributed by atoms with Crippen LogP contribution in [0, 0.1) is 11.3 Å². The molecule has 8 heteroatoms. The van der Waals surface area contributed by atoms with E-state index in [0.29, 0.717) is 40.0 Å². The molecule has 0 amide bonds. The first-order valence-electron chi connectivity index (χ1n) is 18.8. The first-order valence-corrected chi connectivity index (χ1v) is 18.8. The van der Waals surface area contributed by atoms with Gasteiger partial charge < -0.3 is 15.1 Å². The molecule has 0 spiro atoms. The second kappa shape index (κ2) is 14.4. The topological polar surface area (TPSA) is 110 Å². The monoisotopic (exact) mass is 735 g/mol. The van der Waals surface area contributed by atoms with Gasteiger partial charge in [-0.3, -0.25) is 0 Å². The minimum Gasteiger partial charge on any atom is -0.456 e. The summed E-state index contributed by atoms with van der Waals surface area (Å²) in [4.78, 5) is 20.5. The molecule has 10 rings (SSSR count). The Hall–Kier alpha value is -7.89. The molecule has 0 bridgehead atoms. The SMILES string of the molecule is N#Cc1c(C2=NC(c3ccccc3)NC(c3ccccc3)=N2)cc(-c2ccc3oc4ccccc4c3c2)cc1C1=NC(c2ccccc2)=NC(c2ccccc2)N1. The summed E-state index contributed by atoms with van der Waals surface area (Å²) < 4.78 is 6.20. The number of para-hydroxylation sites is 1. The summed E-state index contributed by atoms with van der Waals surface area (Å²) >= 11 is 0. The first kappa shape index (κ1) is 33.7. The van der Waals surface area contributed by atoms with E-state index in [0.717, 1.165) is 55.3 Å². The van der Waals surface area contributed by atoms with Crippen molar-refractivity contribution in [3.05, 3.63) is 215 Å². The van der Waals surface area contributed by atoms with Crippen molar-refractivity contribution < 1.29 is 4.42 Å². The standard InChI is InChI=1S/C49H33N7O/c50-30-41-39(48-53-44(31-15-5-1-6-16-31)51-45(54-48)32-17-7-2-8-18-32)28-36(35-25-26-43-38(27-35)37-23-13-14-24-42(37)57-43)29-40(41)49-55-46(33-19-9-3-10-20-33)52-47(56-49)34-21-11-4-12-22-34/h1-29,44,46H,(H,51,53,54)(H,52,55,56). The van der Waals surface area contributed by atoms with Crippen LogP contribution >= 0.6 is 0 Å². The van der Waals surface area contributed by atoms with Crippen molar-refractivity contribution in [3.8, 4) is 17.2 Å². The Morgan fingerprint density at radius 2 is 1.00 bits per heavy atom. The number of nitriles is 1. The molecular weight excluding hydrogens is 703 g/mol. The molecule has 0 aliphatic carbocycles. The summed E-state index contributed by atoms with van der Waals surface area (Å²) in [7, 11) is 0. The molecule has 8 aromatic rings. The summed E-state index contributed by atoms with van der Waals surface area (Å²) in [6, 6.07) is 60.9. The fourth-order valence-electron chi connectivity index (χ4n) is 7.42. The number of nitrogens with zero attached hydrogens (tertiary/aromatic N) is 5. The maximum absolute atomic E-state index is 11.2. The Morgan fingerprint density at radius 3 is 1.68 bits per heavy atom. The molecule has 2 unspecified atom stereocenters. The van der Waals surface area contributed by atoms with Gasteiger partial charge in [0, 0.05) is 33.0 Å². The van der Waals surface area contributed by atoms with E-state index in [1.165, 1.54) is 0 Å². The number of hydrogen-bond donors (Lipinski definition) is 2. The highest BCUT2D eigenvalue weighted by Crippen LogP contribution is 2.35. The van der Waals surface area contributed by atoms with E-state index in [4.69, 9.17) is 24.4 Å². The average molecular weight is 736 g/mol. The number of rotatable bonds is 7. The molecule has 0 radical (unpaired) electrons. The van der Waals surface area contributed by atoms with Gasteiger partial charge in [0.25, 0.3) is 0 Å². The summed E-state index contributed by atoms with van der Waals surface area (Å²) in [5.74, 6) is 2.18. The first-order chi connectivity index (χ1) is 28.2. The predicted octanol–water partition coefficient (Wildman–Crippen LogP) is 10.1. The van der Waals surface area contributed by atoms with Crippen molar-refractivity contribution in [2.24, 2.45) is 20.0 Å². The molecule has 7 aromatic carbocycles. The van der Waals surface area contributed by atoms with E-state index in [1.807, 2.05) is 158 Å². The zero-order valence-corrected chi connectivity index (χ0v) is 30.5. The molecule has 57 heavy (non-hydrogen) atoms. The number of amidine groups is 4. The lowest BCUT2D eigenvalue weighted by Gasteiger charge is -2.26. The summed E-state index contributed by atoms with van der Waals surface area (Å²) in [6.45, 7) is 0. The molecule has 8 nitrogen and oxygen atoms in total. The van der Waals surface area contributed by atoms with Crippen LogP contribution in [-0.4, -0.2) is 23.3 Å². The molecule has 0 saturated heterocycles. The lowest BCUT2D eigenvalue weighted by molar-refractivity contribution is 0.669. The van der Waals surface area contributed by atoms with Gasteiger partial charge in [-0.15, -0.1) is 0 Å². The third-order valence-corrected chi connectivity index (χ3v) is 10.3. The Balaban J connectivity index is 1.22. The quantitative estimate of drug-likeness (QED) is 0.170. The molecular formula is C49H33N7O. The van der Waals surface area contributed by atoms with E-state index in [1.54, 1.807) is 0 Å². The van der Waals surface area contributed by atoms with E-state index in [-0.39, 0.29) is 0 Å².